The quantitative estimate of drug-likeness (QED) is 0.688. The molecule has 3 aromatic carbocycles. The predicted molar refractivity (Wildman–Crippen MR) is 113 cm³/mol. The second-order valence-electron chi connectivity index (χ2n) is 7.31. The van der Waals surface area contributed by atoms with Gasteiger partial charge in [-0.1, -0.05) is 30.3 Å². The van der Waals surface area contributed by atoms with Crippen molar-refractivity contribution in [3.8, 4) is 23.0 Å². The molecule has 0 saturated heterocycles. The minimum atomic E-state index is -0.398. The number of hydrogen-bond acceptors (Lipinski definition) is 6. The van der Waals surface area contributed by atoms with Gasteiger partial charge in [0.1, 0.15) is 23.0 Å². The molecule has 0 saturated carbocycles. The molecule has 5 rings (SSSR count). The molecular weight excluding hydrogens is 380 g/mol. The number of ether oxygens (including phenoxy) is 3. The van der Waals surface area contributed by atoms with E-state index in [-0.39, 0.29) is 11.8 Å². The van der Waals surface area contributed by atoms with Gasteiger partial charge >= 0.3 is 0 Å². The van der Waals surface area contributed by atoms with Crippen LogP contribution in [0, 0.1) is 0 Å². The van der Waals surface area contributed by atoms with Crippen LogP contribution >= 0.6 is 0 Å². The lowest BCUT2D eigenvalue weighted by Gasteiger charge is -2.38. The van der Waals surface area contributed by atoms with Crippen LogP contribution in [0.25, 0.3) is 0 Å². The SMILES string of the molecule is COc1cccc([C@@H]2Oc3ccccc3[C@@H]3CC(c4cc(OC)ccc4O)=NN32)c1. The lowest BCUT2D eigenvalue weighted by atomic mass is 9.95. The number of rotatable bonds is 4. The molecule has 30 heavy (non-hydrogen) atoms. The molecule has 0 fully saturated rings. The third-order valence-electron chi connectivity index (χ3n) is 5.59. The normalized spacial score (nSPS) is 19.4. The Bertz CT molecular complexity index is 1130. The number of hydrogen-bond donors (Lipinski definition) is 1. The molecule has 2 aliphatic heterocycles. The number of phenols is 1. The van der Waals surface area contributed by atoms with Gasteiger partial charge in [-0.15, -0.1) is 0 Å². The Morgan fingerprint density at radius 2 is 1.77 bits per heavy atom. The van der Waals surface area contributed by atoms with Crippen molar-refractivity contribution in [1.82, 2.24) is 5.01 Å². The highest BCUT2D eigenvalue weighted by atomic mass is 16.5. The summed E-state index contributed by atoms with van der Waals surface area (Å²) in [4.78, 5) is 0. The highest BCUT2D eigenvalue weighted by Crippen LogP contribution is 2.48. The van der Waals surface area contributed by atoms with Gasteiger partial charge < -0.3 is 19.3 Å². The zero-order valence-electron chi connectivity index (χ0n) is 16.8. The highest BCUT2D eigenvalue weighted by molar-refractivity contribution is 6.04. The van der Waals surface area contributed by atoms with Gasteiger partial charge in [-0.05, 0) is 36.4 Å². The molecule has 0 radical (unpaired) electrons. The Balaban J connectivity index is 1.60. The molecule has 0 aliphatic carbocycles. The summed E-state index contributed by atoms with van der Waals surface area (Å²) in [5.41, 5.74) is 3.50. The maximum absolute atomic E-state index is 10.5. The van der Waals surface area contributed by atoms with Crippen LogP contribution in [0.4, 0.5) is 0 Å². The molecule has 0 bridgehead atoms. The zero-order chi connectivity index (χ0) is 20.7. The second kappa shape index (κ2) is 7.30. The van der Waals surface area contributed by atoms with Gasteiger partial charge in [-0.3, -0.25) is 0 Å². The van der Waals surface area contributed by atoms with E-state index in [2.05, 4.69) is 6.07 Å². The molecule has 2 atom stereocenters. The van der Waals surface area contributed by atoms with Crippen molar-refractivity contribution in [2.24, 2.45) is 5.10 Å². The number of phenolic OH excluding ortho intramolecular Hbond substituents is 1. The van der Waals surface area contributed by atoms with Gasteiger partial charge in [0.2, 0.25) is 6.23 Å². The molecule has 1 N–H and O–H groups in total. The van der Waals surface area contributed by atoms with E-state index >= 15 is 0 Å². The van der Waals surface area contributed by atoms with Gasteiger partial charge in [-0.25, -0.2) is 5.01 Å². The van der Waals surface area contributed by atoms with Crippen molar-refractivity contribution in [2.75, 3.05) is 14.2 Å². The molecule has 3 aromatic rings. The number of methoxy groups -OCH3 is 2. The van der Waals surface area contributed by atoms with E-state index in [1.165, 1.54) is 0 Å². The summed E-state index contributed by atoms with van der Waals surface area (Å²) in [7, 11) is 3.26. The minimum Gasteiger partial charge on any atom is -0.507 e. The van der Waals surface area contributed by atoms with Crippen molar-refractivity contribution in [3.05, 3.63) is 83.4 Å². The van der Waals surface area contributed by atoms with E-state index in [9.17, 15) is 5.11 Å². The molecule has 2 aliphatic rings. The standard InChI is InChI=1S/C24H22N2O4/c1-28-16-7-5-6-15(12-16)24-26-21(18-8-3-4-9-23(18)30-24)14-20(25-26)19-13-17(29-2)10-11-22(19)27/h3-13,21,24,27H,14H2,1-2H3/t21-,24-/m0/s1. The van der Waals surface area contributed by atoms with Crippen LogP contribution in [-0.2, 0) is 0 Å². The summed E-state index contributed by atoms with van der Waals surface area (Å²) in [6, 6.07) is 21.1. The average molecular weight is 402 g/mol. The summed E-state index contributed by atoms with van der Waals surface area (Å²) < 4.78 is 17.1. The first-order valence-corrected chi connectivity index (χ1v) is 9.80. The first-order valence-electron chi connectivity index (χ1n) is 9.80. The fourth-order valence-corrected chi connectivity index (χ4v) is 4.09. The van der Waals surface area contributed by atoms with Crippen LogP contribution < -0.4 is 14.2 Å². The largest absolute Gasteiger partial charge is 0.507 e. The van der Waals surface area contributed by atoms with E-state index in [1.54, 1.807) is 26.4 Å². The van der Waals surface area contributed by atoms with E-state index in [0.717, 1.165) is 28.3 Å². The van der Waals surface area contributed by atoms with E-state index in [0.29, 0.717) is 17.7 Å². The third-order valence-corrected chi connectivity index (χ3v) is 5.59. The highest BCUT2D eigenvalue weighted by Gasteiger charge is 2.41. The van der Waals surface area contributed by atoms with Gasteiger partial charge in [-0.2, -0.15) is 5.10 Å². The number of aromatic hydroxyl groups is 1. The molecule has 0 spiro atoms. The van der Waals surface area contributed by atoms with Gasteiger partial charge in [0, 0.05) is 23.1 Å². The van der Waals surface area contributed by atoms with E-state index in [4.69, 9.17) is 19.3 Å². The number of hydrazone groups is 1. The van der Waals surface area contributed by atoms with Crippen LogP contribution in [0.2, 0.25) is 0 Å². The van der Waals surface area contributed by atoms with Crippen molar-refractivity contribution in [2.45, 2.75) is 18.7 Å². The predicted octanol–water partition coefficient (Wildman–Crippen LogP) is 4.65. The smallest absolute Gasteiger partial charge is 0.214 e. The third kappa shape index (κ3) is 3.01. The molecule has 0 unspecified atom stereocenters. The number of benzene rings is 3. The molecular formula is C24H22N2O4. The number of nitrogens with zero attached hydrogens (tertiary/aromatic N) is 2. The van der Waals surface area contributed by atoms with Gasteiger partial charge in [0.25, 0.3) is 0 Å². The maximum Gasteiger partial charge on any atom is 0.214 e. The zero-order valence-corrected chi connectivity index (χ0v) is 16.8. The Morgan fingerprint density at radius 3 is 2.60 bits per heavy atom. The number of para-hydroxylation sites is 1. The van der Waals surface area contributed by atoms with Crippen molar-refractivity contribution in [1.29, 1.82) is 0 Å². The second-order valence-corrected chi connectivity index (χ2v) is 7.31. The molecule has 0 amide bonds. The lowest BCUT2D eigenvalue weighted by Crippen LogP contribution is -2.33. The minimum absolute atomic E-state index is 0.00625. The van der Waals surface area contributed by atoms with Crippen molar-refractivity contribution in [3.63, 3.8) is 0 Å². The molecule has 6 heteroatoms. The Morgan fingerprint density at radius 1 is 0.967 bits per heavy atom. The topological polar surface area (TPSA) is 63.5 Å². The van der Waals surface area contributed by atoms with E-state index in [1.807, 2.05) is 53.5 Å². The Kier molecular flexibility index (Phi) is 4.47. The average Bonchev–Trinajstić information content (AvgIpc) is 3.24. The molecule has 6 nitrogen and oxygen atoms in total. The summed E-state index contributed by atoms with van der Waals surface area (Å²) >= 11 is 0. The first-order chi connectivity index (χ1) is 14.7. The summed E-state index contributed by atoms with van der Waals surface area (Å²) in [6.45, 7) is 0. The summed E-state index contributed by atoms with van der Waals surface area (Å²) in [6.07, 6.45) is 0.256. The Hall–Kier alpha value is -3.67. The molecule has 0 aromatic heterocycles. The van der Waals surface area contributed by atoms with Crippen LogP contribution in [0.1, 0.15) is 35.4 Å². The number of fused-ring (bicyclic) bond motifs is 3. The summed E-state index contributed by atoms with van der Waals surface area (Å²) in [5, 5.41) is 17.3. The first kappa shape index (κ1) is 18.4. The maximum atomic E-state index is 10.5. The summed E-state index contributed by atoms with van der Waals surface area (Å²) in [5.74, 6) is 2.47. The van der Waals surface area contributed by atoms with E-state index < -0.39 is 6.23 Å². The van der Waals surface area contributed by atoms with Crippen LogP contribution in [0.5, 0.6) is 23.0 Å². The fraction of sp³-hybridized carbons (Fsp3) is 0.208. The monoisotopic (exact) mass is 402 g/mol. The van der Waals surface area contributed by atoms with Crippen molar-refractivity contribution < 1.29 is 19.3 Å². The van der Waals surface area contributed by atoms with Crippen LogP contribution in [0.3, 0.4) is 0 Å². The molecule has 152 valence electrons. The lowest BCUT2D eigenvalue weighted by molar-refractivity contribution is -0.0191. The fourth-order valence-electron chi connectivity index (χ4n) is 4.09. The van der Waals surface area contributed by atoms with Gasteiger partial charge in [0.05, 0.1) is 26.0 Å². The van der Waals surface area contributed by atoms with Crippen LogP contribution in [-0.4, -0.2) is 30.0 Å². The Labute approximate surface area is 174 Å². The van der Waals surface area contributed by atoms with Crippen molar-refractivity contribution >= 4 is 5.71 Å². The van der Waals surface area contributed by atoms with Crippen LogP contribution in [0.15, 0.2) is 71.8 Å². The van der Waals surface area contributed by atoms with Gasteiger partial charge in [0.15, 0.2) is 0 Å². The molecule has 2 heterocycles.